The summed E-state index contributed by atoms with van der Waals surface area (Å²) in [7, 11) is 0. The van der Waals surface area contributed by atoms with E-state index in [1.165, 1.54) is 5.69 Å². The molecule has 0 fully saturated rings. The number of aromatic nitrogens is 4. The lowest BCUT2D eigenvalue weighted by atomic mass is 10.1. The van der Waals surface area contributed by atoms with Gasteiger partial charge in [0, 0.05) is 34.7 Å². The lowest BCUT2D eigenvalue weighted by molar-refractivity contribution is 0.634. The molecule has 0 aliphatic rings. The fourth-order valence-electron chi connectivity index (χ4n) is 2.72. The summed E-state index contributed by atoms with van der Waals surface area (Å²) >= 11 is 3.53. The Morgan fingerprint density at radius 2 is 1.95 bits per heavy atom. The number of hydrogen-bond acceptors (Lipinski definition) is 2. The van der Waals surface area contributed by atoms with E-state index in [9.17, 15) is 0 Å². The molecule has 3 rings (SSSR count). The predicted octanol–water partition coefficient (Wildman–Crippen LogP) is 3.91. The normalized spacial score (nSPS) is 11.4. The minimum atomic E-state index is 0.880. The molecule has 0 bridgehead atoms. The van der Waals surface area contributed by atoms with Crippen LogP contribution in [0, 0.1) is 20.8 Å². The Labute approximate surface area is 126 Å². The van der Waals surface area contributed by atoms with E-state index >= 15 is 0 Å². The Hall–Kier alpha value is -1.62. The summed E-state index contributed by atoms with van der Waals surface area (Å²) < 4.78 is 5.15. The van der Waals surface area contributed by atoms with Crippen LogP contribution in [0.4, 0.5) is 0 Å². The van der Waals surface area contributed by atoms with Gasteiger partial charge in [0.15, 0.2) is 0 Å². The van der Waals surface area contributed by atoms with Crippen LogP contribution < -0.4 is 0 Å². The monoisotopic (exact) mass is 332 g/mol. The van der Waals surface area contributed by atoms with Crippen LogP contribution >= 0.6 is 15.9 Å². The van der Waals surface area contributed by atoms with Gasteiger partial charge in [-0.25, -0.2) is 4.98 Å². The molecule has 3 heterocycles. The average molecular weight is 333 g/mol. The second kappa shape index (κ2) is 4.74. The molecule has 0 aliphatic carbocycles. The molecule has 0 atom stereocenters. The first-order valence-corrected chi connectivity index (χ1v) is 7.49. The smallest absolute Gasteiger partial charge is 0.140 e. The Balaban J connectivity index is 2.25. The molecule has 0 spiro atoms. The van der Waals surface area contributed by atoms with E-state index in [0.717, 1.165) is 39.2 Å². The molecule has 104 valence electrons. The van der Waals surface area contributed by atoms with Gasteiger partial charge in [0.1, 0.15) is 5.65 Å². The first-order valence-electron chi connectivity index (χ1n) is 6.70. The van der Waals surface area contributed by atoms with Crippen molar-refractivity contribution in [3.8, 4) is 11.3 Å². The van der Waals surface area contributed by atoms with Crippen molar-refractivity contribution in [2.75, 3.05) is 0 Å². The van der Waals surface area contributed by atoms with E-state index < -0.39 is 0 Å². The number of aryl methyl sites for hydroxylation is 3. The molecule has 0 aliphatic heterocycles. The van der Waals surface area contributed by atoms with Gasteiger partial charge in [-0.05, 0) is 55.3 Å². The highest BCUT2D eigenvalue weighted by molar-refractivity contribution is 9.10. The second-order valence-electron chi connectivity index (χ2n) is 5.06. The summed E-state index contributed by atoms with van der Waals surface area (Å²) in [5, 5.41) is 4.57. The lowest BCUT2D eigenvalue weighted by Gasteiger charge is -1.99. The molecule has 3 aromatic rings. The van der Waals surface area contributed by atoms with Crippen molar-refractivity contribution < 1.29 is 0 Å². The summed E-state index contributed by atoms with van der Waals surface area (Å²) in [6.45, 7) is 9.21. The fourth-order valence-corrected chi connectivity index (χ4v) is 3.29. The minimum Gasteiger partial charge on any atom is -0.305 e. The van der Waals surface area contributed by atoms with Gasteiger partial charge in [-0.3, -0.25) is 4.68 Å². The van der Waals surface area contributed by atoms with Crippen molar-refractivity contribution in [2.24, 2.45) is 0 Å². The molecule has 0 saturated carbocycles. The maximum atomic E-state index is 4.78. The van der Waals surface area contributed by atoms with Crippen LogP contribution in [-0.4, -0.2) is 19.2 Å². The summed E-state index contributed by atoms with van der Waals surface area (Å²) in [5.74, 6) is 0. The predicted molar refractivity (Wildman–Crippen MR) is 84.0 cm³/mol. The highest BCUT2D eigenvalue weighted by atomic mass is 79.9. The van der Waals surface area contributed by atoms with Crippen molar-refractivity contribution in [3.05, 3.63) is 39.9 Å². The van der Waals surface area contributed by atoms with Gasteiger partial charge >= 0.3 is 0 Å². The quantitative estimate of drug-likeness (QED) is 0.713. The zero-order valence-corrected chi connectivity index (χ0v) is 13.7. The van der Waals surface area contributed by atoms with E-state index in [2.05, 4.69) is 58.5 Å². The molecule has 5 heteroatoms. The fraction of sp³-hybridized carbons (Fsp3) is 0.333. The zero-order chi connectivity index (χ0) is 14.4. The number of rotatable bonds is 2. The van der Waals surface area contributed by atoms with Gasteiger partial charge < -0.3 is 4.40 Å². The largest absolute Gasteiger partial charge is 0.305 e. The van der Waals surface area contributed by atoms with Crippen molar-refractivity contribution in [1.29, 1.82) is 0 Å². The molecule has 20 heavy (non-hydrogen) atoms. The van der Waals surface area contributed by atoms with Gasteiger partial charge in [-0.1, -0.05) is 0 Å². The Morgan fingerprint density at radius 3 is 2.60 bits per heavy atom. The molecule has 0 unspecified atom stereocenters. The maximum Gasteiger partial charge on any atom is 0.140 e. The molecule has 0 aromatic carbocycles. The third-order valence-corrected chi connectivity index (χ3v) is 4.07. The molecule has 0 N–H and O–H groups in total. The van der Waals surface area contributed by atoms with E-state index in [1.807, 2.05) is 17.8 Å². The van der Waals surface area contributed by atoms with Gasteiger partial charge in [0.25, 0.3) is 0 Å². The molecular weight excluding hydrogens is 316 g/mol. The third kappa shape index (κ3) is 1.97. The van der Waals surface area contributed by atoms with Gasteiger partial charge in [0.05, 0.1) is 11.4 Å². The minimum absolute atomic E-state index is 0.880. The van der Waals surface area contributed by atoms with Crippen molar-refractivity contribution >= 4 is 21.6 Å². The van der Waals surface area contributed by atoms with E-state index in [1.54, 1.807) is 0 Å². The second-order valence-corrected chi connectivity index (χ2v) is 5.98. The number of imidazole rings is 1. The highest BCUT2D eigenvalue weighted by Gasteiger charge is 2.16. The first-order chi connectivity index (χ1) is 9.51. The van der Waals surface area contributed by atoms with Gasteiger partial charge in [-0.2, -0.15) is 5.10 Å². The number of nitrogens with zero attached hydrogens (tertiary/aromatic N) is 4. The molecule has 0 amide bonds. The Bertz CT molecular complexity index is 798. The molecular formula is C15H17BrN4. The van der Waals surface area contributed by atoms with Crippen molar-refractivity contribution in [2.45, 2.75) is 34.2 Å². The van der Waals surface area contributed by atoms with Gasteiger partial charge in [-0.15, -0.1) is 0 Å². The highest BCUT2D eigenvalue weighted by Crippen LogP contribution is 2.28. The van der Waals surface area contributed by atoms with Crippen LogP contribution in [0.3, 0.4) is 0 Å². The van der Waals surface area contributed by atoms with E-state index in [4.69, 9.17) is 4.98 Å². The summed E-state index contributed by atoms with van der Waals surface area (Å²) in [5.41, 5.74) is 6.48. The Morgan fingerprint density at radius 1 is 1.20 bits per heavy atom. The van der Waals surface area contributed by atoms with Crippen LogP contribution in [0.2, 0.25) is 0 Å². The number of pyridine rings is 1. The summed E-state index contributed by atoms with van der Waals surface area (Å²) in [4.78, 5) is 4.78. The third-order valence-electron chi connectivity index (χ3n) is 3.64. The molecule has 4 nitrogen and oxygen atoms in total. The topological polar surface area (TPSA) is 35.1 Å². The summed E-state index contributed by atoms with van der Waals surface area (Å²) in [6, 6.07) is 2.08. The molecule has 3 aromatic heterocycles. The average Bonchev–Trinajstić information content (AvgIpc) is 2.90. The van der Waals surface area contributed by atoms with Crippen molar-refractivity contribution in [3.63, 3.8) is 0 Å². The standard InChI is InChI=1S/C15H17BrN4/c1-5-20-11(4)14(10(3)18-20)13-8-19-7-12(16)6-9(2)15(19)17-13/h6-8H,5H2,1-4H3. The van der Waals surface area contributed by atoms with Crippen LogP contribution in [-0.2, 0) is 6.54 Å². The molecule has 0 saturated heterocycles. The number of halogens is 1. The van der Waals surface area contributed by atoms with Crippen LogP contribution in [0.25, 0.3) is 16.9 Å². The van der Waals surface area contributed by atoms with Crippen LogP contribution in [0.15, 0.2) is 22.9 Å². The zero-order valence-electron chi connectivity index (χ0n) is 12.1. The first kappa shape index (κ1) is 13.4. The van der Waals surface area contributed by atoms with Crippen LogP contribution in [0.5, 0.6) is 0 Å². The van der Waals surface area contributed by atoms with E-state index in [-0.39, 0.29) is 0 Å². The van der Waals surface area contributed by atoms with Crippen molar-refractivity contribution in [1.82, 2.24) is 19.2 Å². The number of hydrogen-bond donors (Lipinski definition) is 0. The van der Waals surface area contributed by atoms with Gasteiger partial charge in [0.2, 0.25) is 0 Å². The lowest BCUT2D eigenvalue weighted by Crippen LogP contribution is -1.98. The van der Waals surface area contributed by atoms with E-state index in [0.29, 0.717) is 0 Å². The molecule has 0 radical (unpaired) electrons. The summed E-state index contributed by atoms with van der Waals surface area (Å²) in [6.07, 6.45) is 4.11. The maximum absolute atomic E-state index is 4.78. The SMILES string of the molecule is CCn1nc(C)c(-c2cn3cc(Br)cc(C)c3n2)c1C. The van der Waals surface area contributed by atoms with Crippen LogP contribution in [0.1, 0.15) is 23.9 Å². The Kier molecular flexibility index (Phi) is 3.17. The number of fused-ring (bicyclic) bond motifs is 1.